The predicted octanol–water partition coefficient (Wildman–Crippen LogP) is 2.52. The van der Waals surface area contributed by atoms with E-state index in [4.69, 9.17) is 0 Å². The number of carbonyl (C=O) groups is 1. The maximum atomic E-state index is 13.8. The Labute approximate surface area is 109 Å². The Bertz CT molecular complexity index is 636. The van der Waals surface area contributed by atoms with Crippen molar-refractivity contribution in [2.24, 2.45) is 0 Å². The molecule has 0 spiro atoms. The number of carboxylic acid groups (broad SMARTS) is 1. The van der Waals surface area contributed by atoms with Crippen molar-refractivity contribution in [1.29, 1.82) is 0 Å². The molecule has 1 atom stereocenters. The second-order valence-corrected chi connectivity index (χ2v) is 4.70. The number of benzene rings is 1. The van der Waals surface area contributed by atoms with Gasteiger partial charge in [-0.25, -0.2) is 9.07 Å². The summed E-state index contributed by atoms with van der Waals surface area (Å²) in [5, 5.41) is 13.5. The molecule has 1 N–H and O–H groups in total. The molecule has 0 bridgehead atoms. The smallest absolute Gasteiger partial charge is 0.312 e. The van der Waals surface area contributed by atoms with Crippen LogP contribution >= 0.6 is 0 Å². The van der Waals surface area contributed by atoms with Crippen LogP contribution in [0.4, 0.5) is 4.39 Å². The number of aromatic nitrogens is 2. The molecule has 0 radical (unpaired) electrons. The Morgan fingerprint density at radius 1 is 1.42 bits per heavy atom. The van der Waals surface area contributed by atoms with Gasteiger partial charge >= 0.3 is 5.97 Å². The molecule has 1 unspecified atom stereocenters. The second-order valence-electron chi connectivity index (χ2n) is 4.70. The third-order valence-corrected chi connectivity index (χ3v) is 3.53. The first kappa shape index (κ1) is 11.9. The molecule has 0 fully saturated rings. The van der Waals surface area contributed by atoms with Crippen molar-refractivity contribution in [3.05, 3.63) is 47.5 Å². The first-order chi connectivity index (χ1) is 9.18. The summed E-state index contributed by atoms with van der Waals surface area (Å²) in [7, 11) is 0. The van der Waals surface area contributed by atoms with Gasteiger partial charge in [-0.05, 0) is 37.0 Å². The third kappa shape index (κ3) is 1.91. The molecule has 0 saturated carbocycles. The minimum atomic E-state index is -0.876. The largest absolute Gasteiger partial charge is 0.481 e. The number of hydrogen-bond acceptors (Lipinski definition) is 2. The zero-order valence-electron chi connectivity index (χ0n) is 10.2. The van der Waals surface area contributed by atoms with E-state index in [0.717, 1.165) is 18.4 Å². The molecule has 98 valence electrons. The number of para-hydroxylation sites is 1. The molecule has 1 heterocycles. The molecule has 0 saturated heterocycles. The highest BCUT2D eigenvalue weighted by molar-refractivity contribution is 5.76. The first-order valence-corrected chi connectivity index (χ1v) is 6.23. The highest BCUT2D eigenvalue weighted by atomic mass is 19.1. The van der Waals surface area contributed by atoms with Crippen LogP contribution in [0.1, 0.15) is 30.0 Å². The van der Waals surface area contributed by atoms with Gasteiger partial charge in [-0.15, -0.1) is 0 Å². The first-order valence-electron chi connectivity index (χ1n) is 6.23. The Hall–Kier alpha value is -2.17. The van der Waals surface area contributed by atoms with Crippen molar-refractivity contribution in [2.45, 2.75) is 25.2 Å². The van der Waals surface area contributed by atoms with Gasteiger partial charge in [0, 0.05) is 0 Å². The number of aryl methyl sites for hydroxylation is 1. The van der Waals surface area contributed by atoms with Crippen molar-refractivity contribution in [3.63, 3.8) is 0 Å². The van der Waals surface area contributed by atoms with Crippen molar-refractivity contribution >= 4 is 5.97 Å². The number of halogens is 1. The maximum Gasteiger partial charge on any atom is 0.312 e. The van der Waals surface area contributed by atoms with Crippen LogP contribution in [-0.2, 0) is 11.2 Å². The Morgan fingerprint density at radius 2 is 2.21 bits per heavy atom. The average Bonchev–Trinajstić information content (AvgIpc) is 2.82. The normalized spacial score (nSPS) is 18.1. The Morgan fingerprint density at radius 3 is 2.95 bits per heavy atom. The van der Waals surface area contributed by atoms with E-state index in [1.807, 2.05) is 0 Å². The third-order valence-electron chi connectivity index (χ3n) is 3.53. The van der Waals surface area contributed by atoms with Crippen molar-refractivity contribution < 1.29 is 14.3 Å². The quantitative estimate of drug-likeness (QED) is 0.902. The topological polar surface area (TPSA) is 55.1 Å². The van der Waals surface area contributed by atoms with Crippen LogP contribution < -0.4 is 0 Å². The molecule has 2 aromatic rings. The summed E-state index contributed by atoms with van der Waals surface area (Å²) in [5.74, 6) is -1.88. The van der Waals surface area contributed by atoms with Crippen LogP contribution in [-0.4, -0.2) is 20.9 Å². The van der Waals surface area contributed by atoms with Gasteiger partial charge in [0.15, 0.2) is 0 Å². The van der Waals surface area contributed by atoms with Gasteiger partial charge in [0.05, 0.1) is 17.8 Å². The molecular weight excluding hydrogens is 247 g/mol. The fraction of sp³-hybridized carbons (Fsp3) is 0.286. The summed E-state index contributed by atoms with van der Waals surface area (Å²) < 4.78 is 15.3. The van der Waals surface area contributed by atoms with Crippen LogP contribution in [0.15, 0.2) is 30.5 Å². The predicted molar refractivity (Wildman–Crippen MR) is 66.8 cm³/mol. The van der Waals surface area contributed by atoms with Crippen LogP contribution in [0.5, 0.6) is 0 Å². The molecule has 1 aliphatic rings. The lowest BCUT2D eigenvalue weighted by Crippen LogP contribution is -2.21. The van der Waals surface area contributed by atoms with E-state index in [2.05, 4.69) is 5.10 Å². The van der Waals surface area contributed by atoms with Gasteiger partial charge in [-0.1, -0.05) is 12.1 Å². The fourth-order valence-corrected chi connectivity index (χ4v) is 2.65. The number of fused-ring (bicyclic) bond motifs is 1. The van der Waals surface area contributed by atoms with Crippen molar-refractivity contribution in [2.75, 3.05) is 0 Å². The van der Waals surface area contributed by atoms with E-state index in [9.17, 15) is 14.3 Å². The van der Waals surface area contributed by atoms with Gasteiger partial charge in [0.25, 0.3) is 0 Å². The lowest BCUT2D eigenvalue weighted by molar-refractivity contribution is -0.139. The maximum absolute atomic E-state index is 13.8. The number of aliphatic carboxylic acids is 1. The van der Waals surface area contributed by atoms with Gasteiger partial charge in [-0.2, -0.15) is 5.10 Å². The average molecular weight is 260 g/mol. The molecule has 1 aromatic heterocycles. The van der Waals surface area contributed by atoms with E-state index in [-0.39, 0.29) is 0 Å². The molecule has 1 aromatic carbocycles. The standard InChI is InChI=1S/C14H13FN2O2/c15-11-6-1-2-7-12(11)17-13-9(8-16-17)4-3-5-10(13)14(18)19/h1-2,6-8,10H,3-5H2,(H,18,19). The molecule has 5 heteroatoms. The molecule has 3 rings (SSSR count). The Balaban J connectivity index is 2.17. The van der Waals surface area contributed by atoms with E-state index in [0.29, 0.717) is 17.8 Å². The molecule has 4 nitrogen and oxygen atoms in total. The lowest BCUT2D eigenvalue weighted by atomic mass is 9.88. The monoisotopic (exact) mass is 260 g/mol. The zero-order valence-corrected chi connectivity index (χ0v) is 10.2. The SMILES string of the molecule is O=C(O)C1CCCc2cnn(-c3ccccc3F)c21. The van der Waals surface area contributed by atoms with Gasteiger partial charge in [0.1, 0.15) is 11.5 Å². The molecule has 0 aliphatic heterocycles. The molecule has 19 heavy (non-hydrogen) atoms. The summed E-state index contributed by atoms with van der Waals surface area (Å²) in [6, 6.07) is 6.27. The van der Waals surface area contributed by atoms with Gasteiger partial charge in [-0.3, -0.25) is 4.79 Å². The van der Waals surface area contributed by atoms with E-state index >= 15 is 0 Å². The highest BCUT2D eigenvalue weighted by Crippen LogP contribution is 2.33. The number of hydrogen-bond donors (Lipinski definition) is 1. The van der Waals surface area contributed by atoms with E-state index in [1.165, 1.54) is 10.7 Å². The molecular formula is C14H13FN2O2. The minimum absolute atomic E-state index is 0.303. The molecule has 0 amide bonds. The fourth-order valence-electron chi connectivity index (χ4n) is 2.65. The summed E-state index contributed by atoms with van der Waals surface area (Å²) in [5.41, 5.74) is 1.82. The highest BCUT2D eigenvalue weighted by Gasteiger charge is 2.31. The summed E-state index contributed by atoms with van der Waals surface area (Å²) >= 11 is 0. The lowest BCUT2D eigenvalue weighted by Gasteiger charge is -2.21. The van der Waals surface area contributed by atoms with Crippen LogP contribution in [0, 0.1) is 5.82 Å². The summed E-state index contributed by atoms with van der Waals surface area (Å²) in [4.78, 5) is 11.3. The summed E-state index contributed by atoms with van der Waals surface area (Å²) in [6.07, 6.45) is 3.85. The summed E-state index contributed by atoms with van der Waals surface area (Å²) in [6.45, 7) is 0. The second kappa shape index (κ2) is 4.50. The number of carboxylic acids is 1. The van der Waals surface area contributed by atoms with E-state index < -0.39 is 17.7 Å². The number of rotatable bonds is 2. The van der Waals surface area contributed by atoms with E-state index in [1.54, 1.807) is 24.4 Å². The van der Waals surface area contributed by atoms with Crippen molar-refractivity contribution in [1.82, 2.24) is 9.78 Å². The van der Waals surface area contributed by atoms with Gasteiger partial charge in [0.2, 0.25) is 0 Å². The minimum Gasteiger partial charge on any atom is -0.481 e. The van der Waals surface area contributed by atoms with Crippen LogP contribution in [0.3, 0.4) is 0 Å². The zero-order chi connectivity index (χ0) is 13.4. The van der Waals surface area contributed by atoms with Gasteiger partial charge < -0.3 is 5.11 Å². The molecule has 1 aliphatic carbocycles. The number of nitrogens with zero attached hydrogens (tertiary/aromatic N) is 2. The Kier molecular flexibility index (Phi) is 2.81. The van der Waals surface area contributed by atoms with Crippen molar-refractivity contribution in [3.8, 4) is 5.69 Å². The van der Waals surface area contributed by atoms with Crippen LogP contribution in [0.2, 0.25) is 0 Å². The van der Waals surface area contributed by atoms with Crippen LogP contribution in [0.25, 0.3) is 5.69 Å².